The third kappa shape index (κ3) is 3.32. The number of ether oxygens (including phenoxy) is 1. The van der Waals surface area contributed by atoms with Crippen LogP contribution in [0.25, 0.3) is 0 Å². The second kappa shape index (κ2) is 5.84. The van der Waals surface area contributed by atoms with Crippen molar-refractivity contribution < 1.29 is 4.74 Å². The summed E-state index contributed by atoms with van der Waals surface area (Å²) in [6, 6.07) is 0. The molecule has 0 aromatic carbocycles. The topological polar surface area (TPSA) is 59.1 Å². The van der Waals surface area contributed by atoms with E-state index in [1.54, 1.807) is 6.20 Å². The van der Waals surface area contributed by atoms with Gasteiger partial charge in [-0.05, 0) is 42.6 Å². The number of anilines is 2. The van der Waals surface area contributed by atoms with Gasteiger partial charge in [-0.1, -0.05) is 0 Å². The molecule has 0 unspecified atom stereocenters. The molecule has 1 aliphatic heterocycles. The Morgan fingerprint density at radius 1 is 1.44 bits per heavy atom. The van der Waals surface area contributed by atoms with E-state index in [2.05, 4.69) is 43.5 Å². The van der Waals surface area contributed by atoms with Crippen LogP contribution in [-0.4, -0.2) is 35.3 Å². The summed E-state index contributed by atoms with van der Waals surface area (Å²) in [7, 11) is 0. The predicted molar refractivity (Wildman–Crippen MR) is 76.0 cm³/mol. The van der Waals surface area contributed by atoms with Crippen molar-refractivity contribution in [3.63, 3.8) is 0 Å². The van der Waals surface area contributed by atoms with E-state index in [-0.39, 0.29) is 5.54 Å². The zero-order valence-corrected chi connectivity index (χ0v) is 12.4. The Labute approximate surface area is 116 Å². The Morgan fingerprint density at radius 2 is 2.17 bits per heavy atom. The minimum atomic E-state index is 0.0403. The van der Waals surface area contributed by atoms with Gasteiger partial charge >= 0.3 is 0 Å². The molecule has 1 fully saturated rings. The second-order valence-electron chi connectivity index (χ2n) is 4.72. The van der Waals surface area contributed by atoms with Gasteiger partial charge in [0.2, 0.25) is 5.95 Å². The lowest BCUT2D eigenvalue weighted by Crippen LogP contribution is -2.41. The summed E-state index contributed by atoms with van der Waals surface area (Å²) in [5.41, 5.74) is 0.0403. The van der Waals surface area contributed by atoms with Gasteiger partial charge in [-0.15, -0.1) is 0 Å². The molecule has 1 saturated heterocycles. The number of rotatable bonds is 4. The monoisotopic (exact) mass is 314 g/mol. The summed E-state index contributed by atoms with van der Waals surface area (Å²) < 4.78 is 6.28. The number of aromatic nitrogens is 2. The molecular weight excluding hydrogens is 296 g/mol. The second-order valence-corrected chi connectivity index (χ2v) is 5.57. The van der Waals surface area contributed by atoms with Crippen molar-refractivity contribution in [3.8, 4) is 0 Å². The number of hydrogen-bond acceptors (Lipinski definition) is 5. The van der Waals surface area contributed by atoms with Gasteiger partial charge in [-0.2, -0.15) is 4.98 Å². The Morgan fingerprint density at radius 3 is 2.83 bits per heavy atom. The minimum Gasteiger partial charge on any atom is -0.381 e. The van der Waals surface area contributed by atoms with E-state index in [1.807, 2.05) is 6.92 Å². The first-order valence-corrected chi connectivity index (χ1v) is 7.04. The SMILES string of the molecule is CCNc1ncc(Br)c(NC2(C)CCOCC2)n1. The lowest BCUT2D eigenvalue weighted by Gasteiger charge is -2.35. The fourth-order valence-electron chi connectivity index (χ4n) is 1.93. The van der Waals surface area contributed by atoms with Gasteiger partial charge in [-0.25, -0.2) is 4.98 Å². The Hall–Kier alpha value is -0.880. The van der Waals surface area contributed by atoms with Crippen molar-refractivity contribution in [1.82, 2.24) is 9.97 Å². The molecule has 0 aliphatic carbocycles. The first-order valence-electron chi connectivity index (χ1n) is 6.25. The molecule has 6 heteroatoms. The smallest absolute Gasteiger partial charge is 0.224 e. The summed E-state index contributed by atoms with van der Waals surface area (Å²) in [6.07, 6.45) is 3.75. The summed E-state index contributed by atoms with van der Waals surface area (Å²) in [5.74, 6) is 1.49. The van der Waals surface area contributed by atoms with Crippen LogP contribution in [0.2, 0.25) is 0 Å². The van der Waals surface area contributed by atoms with Crippen LogP contribution in [0.15, 0.2) is 10.7 Å². The largest absolute Gasteiger partial charge is 0.381 e. The van der Waals surface area contributed by atoms with Crippen molar-refractivity contribution in [2.45, 2.75) is 32.2 Å². The van der Waals surface area contributed by atoms with Crippen LogP contribution in [0.3, 0.4) is 0 Å². The molecule has 0 bridgehead atoms. The maximum Gasteiger partial charge on any atom is 0.224 e. The average Bonchev–Trinajstić information content (AvgIpc) is 2.34. The van der Waals surface area contributed by atoms with Gasteiger partial charge in [0, 0.05) is 31.5 Å². The van der Waals surface area contributed by atoms with Gasteiger partial charge < -0.3 is 15.4 Å². The van der Waals surface area contributed by atoms with Crippen LogP contribution >= 0.6 is 15.9 Å². The number of hydrogen-bond donors (Lipinski definition) is 2. The summed E-state index contributed by atoms with van der Waals surface area (Å²) >= 11 is 3.49. The van der Waals surface area contributed by atoms with E-state index < -0.39 is 0 Å². The van der Waals surface area contributed by atoms with Crippen molar-refractivity contribution in [1.29, 1.82) is 0 Å². The molecule has 2 heterocycles. The molecular formula is C12H19BrN4O. The Kier molecular flexibility index (Phi) is 4.40. The molecule has 0 saturated carbocycles. The van der Waals surface area contributed by atoms with Crippen molar-refractivity contribution in [3.05, 3.63) is 10.7 Å². The van der Waals surface area contributed by atoms with E-state index in [1.165, 1.54) is 0 Å². The molecule has 1 aliphatic rings. The molecule has 1 aromatic rings. The third-order valence-corrected chi connectivity index (χ3v) is 3.68. The molecule has 5 nitrogen and oxygen atoms in total. The Bertz CT molecular complexity index is 407. The molecule has 0 spiro atoms. The van der Waals surface area contributed by atoms with Gasteiger partial charge in [0.15, 0.2) is 0 Å². The third-order valence-electron chi connectivity index (χ3n) is 3.10. The summed E-state index contributed by atoms with van der Waals surface area (Å²) in [6.45, 7) is 6.64. The van der Waals surface area contributed by atoms with E-state index in [0.717, 1.165) is 42.9 Å². The van der Waals surface area contributed by atoms with Crippen LogP contribution in [0.4, 0.5) is 11.8 Å². The molecule has 0 atom stereocenters. The normalized spacial score (nSPS) is 18.4. The summed E-state index contributed by atoms with van der Waals surface area (Å²) in [4.78, 5) is 8.69. The average molecular weight is 315 g/mol. The molecule has 2 N–H and O–H groups in total. The quantitative estimate of drug-likeness (QED) is 0.894. The molecule has 2 rings (SSSR count). The minimum absolute atomic E-state index is 0.0403. The van der Waals surface area contributed by atoms with Crippen molar-refractivity contribution in [2.24, 2.45) is 0 Å². The zero-order chi connectivity index (χ0) is 13.0. The first-order chi connectivity index (χ1) is 8.63. The standard InChI is InChI=1S/C12H19BrN4O/c1-3-14-11-15-8-9(13)10(16-11)17-12(2)4-6-18-7-5-12/h8H,3-7H2,1-2H3,(H2,14,15,16,17). The molecule has 0 amide bonds. The lowest BCUT2D eigenvalue weighted by molar-refractivity contribution is 0.0657. The molecule has 1 aromatic heterocycles. The van der Waals surface area contributed by atoms with E-state index >= 15 is 0 Å². The van der Waals surface area contributed by atoms with Crippen LogP contribution in [0.5, 0.6) is 0 Å². The highest BCUT2D eigenvalue weighted by Crippen LogP contribution is 2.28. The molecule has 18 heavy (non-hydrogen) atoms. The number of nitrogens with zero attached hydrogens (tertiary/aromatic N) is 2. The lowest BCUT2D eigenvalue weighted by atomic mass is 9.92. The number of halogens is 1. The number of nitrogens with one attached hydrogen (secondary N) is 2. The first kappa shape index (κ1) is 13.5. The highest BCUT2D eigenvalue weighted by Gasteiger charge is 2.28. The fourth-order valence-corrected chi connectivity index (χ4v) is 2.22. The highest BCUT2D eigenvalue weighted by atomic mass is 79.9. The van der Waals surface area contributed by atoms with E-state index in [4.69, 9.17) is 4.74 Å². The van der Waals surface area contributed by atoms with Crippen LogP contribution < -0.4 is 10.6 Å². The van der Waals surface area contributed by atoms with Crippen LogP contribution in [0.1, 0.15) is 26.7 Å². The van der Waals surface area contributed by atoms with Crippen LogP contribution in [-0.2, 0) is 4.74 Å². The Balaban J connectivity index is 2.14. The van der Waals surface area contributed by atoms with Crippen molar-refractivity contribution >= 4 is 27.7 Å². The van der Waals surface area contributed by atoms with Gasteiger partial charge in [-0.3, -0.25) is 0 Å². The maximum atomic E-state index is 5.40. The van der Waals surface area contributed by atoms with E-state index in [9.17, 15) is 0 Å². The fraction of sp³-hybridized carbons (Fsp3) is 0.667. The predicted octanol–water partition coefficient (Wildman–Crippen LogP) is 2.65. The molecule has 100 valence electrons. The van der Waals surface area contributed by atoms with Gasteiger partial charge in [0.05, 0.1) is 4.47 Å². The summed E-state index contributed by atoms with van der Waals surface area (Å²) in [5, 5.41) is 6.62. The van der Waals surface area contributed by atoms with Crippen LogP contribution in [0, 0.1) is 0 Å². The maximum absolute atomic E-state index is 5.40. The zero-order valence-electron chi connectivity index (χ0n) is 10.8. The highest BCUT2D eigenvalue weighted by molar-refractivity contribution is 9.10. The van der Waals surface area contributed by atoms with E-state index in [0.29, 0.717) is 5.95 Å². The van der Waals surface area contributed by atoms with Gasteiger partial charge in [0.25, 0.3) is 0 Å². The molecule has 0 radical (unpaired) electrons. The van der Waals surface area contributed by atoms with Crippen molar-refractivity contribution in [2.75, 3.05) is 30.4 Å². The van der Waals surface area contributed by atoms with Gasteiger partial charge in [0.1, 0.15) is 5.82 Å².